The lowest BCUT2D eigenvalue weighted by Gasteiger charge is -2.15. The number of rotatable bonds is 7. The van der Waals surface area contributed by atoms with Crippen LogP contribution in [0.4, 0.5) is 0 Å². The Hall–Kier alpha value is -4.11. The average Bonchev–Trinajstić information content (AvgIpc) is 3.58. The number of fused-ring (bicyclic) bond motifs is 1. The second-order valence-corrected chi connectivity index (χ2v) is 9.34. The highest BCUT2D eigenvalue weighted by atomic mass is 32.2. The summed E-state index contributed by atoms with van der Waals surface area (Å²) in [4.78, 5) is 28.0. The van der Waals surface area contributed by atoms with E-state index >= 15 is 0 Å². The highest BCUT2D eigenvalue weighted by Crippen LogP contribution is 2.25. The fraction of sp³-hybridized carbons (Fsp3) is 0.185. The highest BCUT2D eigenvalue weighted by Gasteiger charge is 2.25. The van der Waals surface area contributed by atoms with Crippen LogP contribution >= 0.6 is 11.8 Å². The molecule has 0 saturated carbocycles. The number of hydrogen-bond acceptors (Lipinski definition) is 5. The van der Waals surface area contributed by atoms with Crippen molar-refractivity contribution in [2.45, 2.75) is 31.3 Å². The number of amides is 1. The van der Waals surface area contributed by atoms with Crippen LogP contribution in [0.15, 0.2) is 88.8 Å². The fourth-order valence-corrected chi connectivity index (χ4v) is 4.55. The molecular weight excluding hydrogens is 472 g/mol. The predicted molar refractivity (Wildman–Crippen MR) is 142 cm³/mol. The van der Waals surface area contributed by atoms with Crippen LogP contribution in [0.2, 0.25) is 0 Å². The number of thioether (sulfide) groups is 1. The molecule has 1 N–H and O–H groups in total. The molecule has 0 fully saturated rings. The number of carbonyl (C=O) groups excluding carboxylic acids is 1. The Morgan fingerprint density at radius 3 is 2.36 bits per heavy atom. The summed E-state index contributed by atoms with van der Waals surface area (Å²) in [5.41, 5.74) is 2.51. The van der Waals surface area contributed by atoms with Crippen molar-refractivity contribution in [3.8, 4) is 11.5 Å². The number of benzene rings is 2. The van der Waals surface area contributed by atoms with Gasteiger partial charge in [-0.15, -0.1) is 11.8 Å². The van der Waals surface area contributed by atoms with Gasteiger partial charge in [0.2, 0.25) is 5.91 Å². The zero-order valence-electron chi connectivity index (χ0n) is 20.3. The van der Waals surface area contributed by atoms with Gasteiger partial charge < -0.3 is 9.88 Å². The van der Waals surface area contributed by atoms with Crippen molar-refractivity contribution in [3.63, 3.8) is 0 Å². The van der Waals surface area contributed by atoms with Crippen molar-refractivity contribution in [2.24, 2.45) is 0 Å². The minimum absolute atomic E-state index is 0.282. The van der Waals surface area contributed by atoms with E-state index in [1.54, 1.807) is 30.3 Å². The first-order valence-electron chi connectivity index (χ1n) is 11.6. The molecule has 0 bridgehead atoms. The zero-order valence-corrected chi connectivity index (χ0v) is 21.1. The average molecular weight is 499 g/mol. The quantitative estimate of drug-likeness (QED) is 0.339. The van der Waals surface area contributed by atoms with Gasteiger partial charge in [-0.25, -0.2) is 9.36 Å². The summed E-state index contributed by atoms with van der Waals surface area (Å²) in [5.74, 6) is 0.321. The van der Waals surface area contributed by atoms with Crippen LogP contribution in [-0.4, -0.2) is 36.3 Å². The van der Waals surface area contributed by atoms with Crippen LogP contribution in [0.3, 0.4) is 0 Å². The molecule has 1 atom stereocenters. The maximum atomic E-state index is 13.8. The Bertz CT molecular complexity index is 1570. The zero-order chi connectivity index (χ0) is 25.2. The predicted octanol–water partition coefficient (Wildman–Crippen LogP) is 4.28. The molecular formula is C27H26N6O2S. The van der Waals surface area contributed by atoms with Gasteiger partial charge >= 0.3 is 0 Å². The summed E-state index contributed by atoms with van der Waals surface area (Å²) in [7, 11) is 0. The molecule has 1 amide bonds. The Morgan fingerprint density at radius 1 is 1.00 bits per heavy atom. The SMILES string of the molecule is CSc1ccc(CNC(=O)C(C)n2nc(C)c3nn(-c4ccccc4)c(-n4cccc4)c3c2=O)cc1. The summed E-state index contributed by atoms with van der Waals surface area (Å²) < 4.78 is 4.86. The minimum Gasteiger partial charge on any atom is -0.350 e. The van der Waals surface area contributed by atoms with E-state index in [2.05, 4.69) is 10.4 Å². The Labute approximate surface area is 212 Å². The molecule has 3 aromatic heterocycles. The molecule has 0 aliphatic heterocycles. The molecule has 36 heavy (non-hydrogen) atoms. The number of aryl methyl sites for hydroxylation is 1. The van der Waals surface area contributed by atoms with E-state index in [0.29, 0.717) is 29.0 Å². The third-order valence-corrected chi connectivity index (χ3v) is 6.85. The van der Waals surface area contributed by atoms with Crippen molar-refractivity contribution in [1.29, 1.82) is 0 Å². The van der Waals surface area contributed by atoms with E-state index in [0.717, 1.165) is 16.1 Å². The van der Waals surface area contributed by atoms with Crippen molar-refractivity contribution in [3.05, 3.63) is 101 Å². The second kappa shape index (κ2) is 9.87. The lowest BCUT2D eigenvalue weighted by molar-refractivity contribution is -0.124. The van der Waals surface area contributed by atoms with E-state index in [-0.39, 0.29) is 11.5 Å². The van der Waals surface area contributed by atoms with Crippen LogP contribution in [0.25, 0.3) is 22.4 Å². The molecule has 0 radical (unpaired) electrons. The largest absolute Gasteiger partial charge is 0.350 e. The van der Waals surface area contributed by atoms with Crippen molar-refractivity contribution < 1.29 is 4.79 Å². The van der Waals surface area contributed by atoms with E-state index < -0.39 is 6.04 Å². The fourth-order valence-electron chi connectivity index (χ4n) is 4.15. The van der Waals surface area contributed by atoms with E-state index in [9.17, 15) is 9.59 Å². The van der Waals surface area contributed by atoms with Gasteiger partial charge in [0.1, 0.15) is 16.9 Å². The first kappa shape index (κ1) is 23.6. The standard InChI is InChI=1S/C27H26N6O2S/c1-18-24-23(26(31-15-7-8-16-31)33(30-24)21-9-5-4-6-10-21)27(35)32(29-18)19(2)25(34)28-17-20-11-13-22(36-3)14-12-20/h4-16,19H,17H2,1-3H3,(H,28,34). The first-order valence-corrected chi connectivity index (χ1v) is 12.8. The van der Waals surface area contributed by atoms with Gasteiger partial charge in [0.05, 0.1) is 11.4 Å². The number of carbonyl (C=O) groups is 1. The third-order valence-electron chi connectivity index (χ3n) is 6.11. The highest BCUT2D eigenvalue weighted by molar-refractivity contribution is 7.98. The molecule has 0 saturated heterocycles. The van der Waals surface area contributed by atoms with Crippen molar-refractivity contribution >= 4 is 28.6 Å². The molecule has 0 aliphatic carbocycles. The number of nitrogens with one attached hydrogen (secondary N) is 1. The molecule has 0 spiro atoms. The van der Waals surface area contributed by atoms with Gasteiger partial charge in [-0.1, -0.05) is 30.3 Å². The molecule has 5 rings (SSSR count). The molecule has 0 aliphatic rings. The number of hydrogen-bond donors (Lipinski definition) is 1. The van der Waals surface area contributed by atoms with Gasteiger partial charge in [-0.3, -0.25) is 9.59 Å². The van der Waals surface area contributed by atoms with Crippen molar-refractivity contribution in [1.82, 2.24) is 29.4 Å². The lowest BCUT2D eigenvalue weighted by Crippen LogP contribution is -2.37. The molecule has 2 aromatic carbocycles. The summed E-state index contributed by atoms with van der Waals surface area (Å²) >= 11 is 1.67. The maximum Gasteiger partial charge on any atom is 0.280 e. The Morgan fingerprint density at radius 2 is 1.69 bits per heavy atom. The molecule has 182 valence electrons. The smallest absolute Gasteiger partial charge is 0.280 e. The van der Waals surface area contributed by atoms with Crippen LogP contribution in [0.5, 0.6) is 0 Å². The maximum absolute atomic E-state index is 13.8. The molecule has 3 heterocycles. The van der Waals surface area contributed by atoms with Crippen LogP contribution < -0.4 is 10.9 Å². The van der Waals surface area contributed by atoms with Crippen LogP contribution in [-0.2, 0) is 11.3 Å². The van der Waals surface area contributed by atoms with Gasteiger partial charge in [-0.05, 0) is 62.1 Å². The topological polar surface area (TPSA) is 86.7 Å². The van der Waals surface area contributed by atoms with Gasteiger partial charge in [0.25, 0.3) is 5.56 Å². The number of aromatic nitrogens is 5. The van der Waals surface area contributed by atoms with Crippen molar-refractivity contribution in [2.75, 3.05) is 6.26 Å². The third kappa shape index (κ3) is 4.33. The van der Waals surface area contributed by atoms with E-state index in [1.165, 1.54) is 4.68 Å². The summed E-state index contributed by atoms with van der Waals surface area (Å²) in [6, 6.07) is 20.6. The van der Waals surface area contributed by atoms with Crippen LogP contribution in [0, 0.1) is 6.92 Å². The molecule has 8 nitrogen and oxygen atoms in total. The van der Waals surface area contributed by atoms with Gasteiger partial charge in [-0.2, -0.15) is 10.2 Å². The van der Waals surface area contributed by atoms with Gasteiger partial charge in [0, 0.05) is 23.8 Å². The van der Waals surface area contributed by atoms with Gasteiger partial charge in [0.15, 0.2) is 5.82 Å². The second-order valence-electron chi connectivity index (χ2n) is 8.46. The van der Waals surface area contributed by atoms with Crippen LogP contribution in [0.1, 0.15) is 24.2 Å². The summed E-state index contributed by atoms with van der Waals surface area (Å²) in [5, 5.41) is 12.6. The molecule has 1 unspecified atom stereocenters. The molecule has 9 heteroatoms. The first-order chi connectivity index (χ1) is 17.5. The normalized spacial score (nSPS) is 12.1. The summed E-state index contributed by atoms with van der Waals surface area (Å²) in [6.07, 6.45) is 5.76. The van der Waals surface area contributed by atoms with E-state index in [4.69, 9.17) is 5.10 Å². The monoisotopic (exact) mass is 498 g/mol. The minimum atomic E-state index is -0.802. The number of nitrogens with zero attached hydrogens (tertiary/aromatic N) is 5. The number of para-hydroxylation sites is 1. The molecule has 5 aromatic rings. The lowest BCUT2D eigenvalue weighted by atomic mass is 10.2. The van der Waals surface area contributed by atoms with E-state index in [1.807, 2.05) is 89.9 Å². The Balaban J connectivity index is 1.54. The Kier molecular flexibility index (Phi) is 6.47. The summed E-state index contributed by atoms with van der Waals surface area (Å²) in [6.45, 7) is 3.86.